The van der Waals surface area contributed by atoms with Crippen LogP contribution in [0.25, 0.3) is 0 Å². The second kappa shape index (κ2) is 5.33. The van der Waals surface area contributed by atoms with Crippen LogP contribution in [-0.2, 0) is 6.42 Å². The van der Waals surface area contributed by atoms with E-state index < -0.39 is 0 Å². The van der Waals surface area contributed by atoms with E-state index in [1.54, 1.807) is 6.07 Å². The Balaban J connectivity index is 1.67. The van der Waals surface area contributed by atoms with Crippen LogP contribution in [0.2, 0.25) is 5.02 Å². The number of nitrogens with one attached hydrogen (secondary N) is 1. The van der Waals surface area contributed by atoms with Gasteiger partial charge < -0.3 is 10.1 Å². The van der Waals surface area contributed by atoms with Crippen molar-refractivity contribution in [2.24, 2.45) is 0 Å². The van der Waals surface area contributed by atoms with Crippen molar-refractivity contribution in [2.75, 3.05) is 11.9 Å². The molecule has 0 bridgehead atoms. The topological polar surface area (TPSA) is 21.3 Å². The first-order chi connectivity index (χ1) is 9.63. The lowest BCUT2D eigenvalue weighted by molar-refractivity contribution is 0.246. The molecule has 0 aliphatic carbocycles. The highest BCUT2D eigenvalue weighted by Crippen LogP contribution is 2.31. The number of rotatable bonds is 3. The third kappa shape index (κ3) is 2.59. The Morgan fingerprint density at radius 3 is 3.00 bits per heavy atom. The van der Waals surface area contributed by atoms with Crippen LogP contribution in [0.3, 0.4) is 0 Å². The second-order valence-corrected chi connectivity index (χ2v) is 5.45. The number of fused-ring (bicyclic) bond motifs is 1. The highest BCUT2D eigenvalue weighted by molar-refractivity contribution is 6.30. The van der Waals surface area contributed by atoms with E-state index in [-0.39, 0.29) is 11.9 Å². The molecule has 0 amide bonds. The van der Waals surface area contributed by atoms with Crippen LogP contribution in [0.15, 0.2) is 36.4 Å². The summed E-state index contributed by atoms with van der Waals surface area (Å²) in [5, 5.41) is 3.85. The predicted octanol–water partition coefficient (Wildman–Crippen LogP) is 4.20. The number of anilines is 1. The predicted molar refractivity (Wildman–Crippen MR) is 79.2 cm³/mol. The molecule has 2 nitrogen and oxygen atoms in total. The Hall–Kier alpha value is -1.74. The van der Waals surface area contributed by atoms with Crippen LogP contribution in [0, 0.1) is 12.7 Å². The molecule has 0 spiro atoms. The van der Waals surface area contributed by atoms with Crippen molar-refractivity contribution in [1.82, 2.24) is 0 Å². The molecule has 1 N–H and O–H groups in total. The molecule has 1 aliphatic heterocycles. The first-order valence-corrected chi connectivity index (χ1v) is 6.95. The van der Waals surface area contributed by atoms with Crippen LogP contribution in [0.5, 0.6) is 5.75 Å². The van der Waals surface area contributed by atoms with Crippen LogP contribution in [0.4, 0.5) is 10.1 Å². The normalized spacial score (nSPS) is 16.6. The molecule has 1 unspecified atom stereocenters. The highest BCUT2D eigenvalue weighted by Gasteiger charge is 2.23. The monoisotopic (exact) mass is 291 g/mol. The summed E-state index contributed by atoms with van der Waals surface area (Å²) >= 11 is 5.96. The number of benzene rings is 2. The quantitative estimate of drug-likeness (QED) is 0.915. The number of ether oxygens (including phenoxy) is 1. The molecule has 1 heterocycles. The van der Waals surface area contributed by atoms with Crippen LogP contribution < -0.4 is 10.1 Å². The Kier molecular flexibility index (Phi) is 3.53. The van der Waals surface area contributed by atoms with Crippen molar-refractivity contribution in [3.05, 3.63) is 58.4 Å². The van der Waals surface area contributed by atoms with Crippen molar-refractivity contribution in [3.8, 4) is 5.75 Å². The van der Waals surface area contributed by atoms with E-state index in [0.29, 0.717) is 17.3 Å². The van der Waals surface area contributed by atoms with Gasteiger partial charge in [-0.2, -0.15) is 0 Å². The third-order valence-electron chi connectivity index (χ3n) is 3.49. The van der Waals surface area contributed by atoms with Gasteiger partial charge in [-0.05, 0) is 42.3 Å². The summed E-state index contributed by atoms with van der Waals surface area (Å²) in [5.74, 6) is 0.634. The average molecular weight is 292 g/mol. The maximum Gasteiger partial charge on any atom is 0.146 e. The second-order valence-electron chi connectivity index (χ2n) is 5.01. The van der Waals surface area contributed by atoms with Gasteiger partial charge in [-0.1, -0.05) is 23.7 Å². The zero-order valence-electron chi connectivity index (χ0n) is 11.1. The minimum atomic E-state index is -0.233. The van der Waals surface area contributed by atoms with E-state index >= 15 is 0 Å². The van der Waals surface area contributed by atoms with Gasteiger partial charge in [-0.15, -0.1) is 0 Å². The van der Waals surface area contributed by atoms with Crippen LogP contribution in [-0.4, -0.2) is 12.6 Å². The summed E-state index contributed by atoms with van der Waals surface area (Å²) in [6, 6.07) is 10.7. The summed E-state index contributed by atoms with van der Waals surface area (Å²) in [6.07, 6.45) is 0.790. The van der Waals surface area contributed by atoms with E-state index in [0.717, 1.165) is 23.3 Å². The minimum absolute atomic E-state index is 0.00229. The lowest BCUT2D eigenvalue weighted by Gasteiger charge is -2.15. The maximum atomic E-state index is 13.7. The molecule has 2 aromatic rings. The standard InChI is InChI=1S/C16H15ClFNO/c1-10-3-2-4-14(18)16(10)19-9-13-8-11-7-12(17)5-6-15(11)20-13/h2-7,13,19H,8-9H2,1H3. The van der Waals surface area contributed by atoms with Gasteiger partial charge in [0.1, 0.15) is 17.7 Å². The fourth-order valence-corrected chi connectivity index (χ4v) is 2.67. The fourth-order valence-electron chi connectivity index (χ4n) is 2.47. The van der Waals surface area contributed by atoms with Crippen molar-refractivity contribution >= 4 is 17.3 Å². The lowest BCUT2D eigenvalue weighted by atomic mass is 10.1. The number of halogens is 2. The molecule has 0 saturated carbocycles. The van der Waals surface area contributed by atoms with E-state index in [1.165, 1.54) is 6.07 Å². The summed E-state index contributed by atoms with van der Waals surface area (Å²) in [4.78, 5) is 0. The largest absolute Gasteiger partial charge is 0.488 e. The molecule has 20 heavy (non-hydrogen) atoms. The Morgan fingerprint density at radius 1 is 1.35 bits per heavy atom. The van der Waals surface area contributed by atoms with Crippen LogP contribution in [0.1, 0.15) is 11.1 Å². The molecule has 4 heteroatoms. The van der Waals surface area contributed by atoms with E-state index in [2.05, 4.69) is 5.32 Å². The van der Waals surface area contributed by atoms with Gasteiger partial charge in [0, 0.05) is 11.4 Å². The van der Waals surface area contributed by atoms with Crippen molar-refractivity contribution in [2.45, 2.75) is 19.4 Å². The SMILES string of the molecule is Cc1cccc(F)c1NCC1Cc2cc(Cl)ccc2O1. The summed E-state index contributed by atoms with van der Waals surface area (Å²) in [7, 11) is 0. The number of hydrogen-bond acceptors (Lipinski definition) is 2. The molecule has 0 aromatic heterocycles. The van der Waals surface area contributed by atoms with E-state index in [4.69, 9.17) is 16.3 Å². The van der Waals surface area contributed by atoms with Crippen molar-refractivity contribution in [1.29, 1.82) is 0 Å². The summed E-state index contributed by atoms with van der Waals surface area (Å²) in [6.45, 7) is 2.45. The van der Waals surface area contributed by atoms with Crippen molar-refractivity contribution < 1.29 is 9.13 Å². The van der Waals surface area contributed by atoms with Gasteiger partial charge in [0.15, 0.2) is 0 Å². The van der Waals surface area contributed by atoms with Gasteiger partial charge >= 0.3 is 0 Å². The summed E-state index contributed by atoms with van der Waals surface area (Å²) in [5.41, 5.74) is 2.54. The van der Waals surface area contributed by atoms with E-state index in [9.17, 15) is 4.39 Å². The number of hydrogen-bond donors (Lipinski definition) is 1. The molecular formula is C16H15ClFNO. The first kappa shape index (κ1) is 13.3. The smallest absolute Gasteiger partial charge is 0.146 e. The lowest BCUT2D eigenvalue weighted by Crippen LogP contribution is -2.24. The highest BCUT2D eigenvalue weighted by atomic mass is 35.5. The van der Waals surface area contributed by atoms with Gasteiger partial charge in [0.05, 0.1) is 12.2 Å². The van der Waals surface area contributed by atoms with Crippen molar-refractivity contribution in [3.63, 3.8) is 0 Å². The molecular weight excluding hydrogens is 277 g/mol. The van der Waals surface area contributed by atoms with E-state index in [1.807, 2.05) is 31.2 Å². The average Bonchev–Trinajstić information content (AvgIpc) is 2.80. The third-order valence-corrected chi connectivity index (χ3v) is 3.73. The molecule has 2 aromatic carbocycles. The minimum Gasteiger partial charge on any atom is -0.488 e. The van der Waals surface area contributed by atoms with Gasteiger partial charge in [-0.3, -0.25) is 0 Å². The molecule has 104 valence electrons. The zero-order valence-corrected chi connectivity index (χ0v) is 11.9. The fraction of sp³-hybridized carbons (Fsp3) is 0.250. The Bertz CT molecular complexity index is 624. The summed E-state index contributed by atoms with van der Waals surface area (Å²) < 4.78 is 19.5. The molecule has 0 fully saturated rings. The zero-order chi connectivity index (χ0) is 14.1. The van der Waals surface area contributed by atoms with Gasteiger partial charge in [-0.25, -0.2) is 4.39 Å². The number of para-hydroxylation sites is 1. The Labute approximate surface area is 122 Å². The molecule has 1 aliphatic rings. The first-order valence-electron chi connectivity index (χ1n) is 6.57. The van der Waals surface area contributed by atoms with Crippen LogP contribution >= 0.6 is 11.6 Å². The molecule has 1 atom stereocenters. The number of aryl methyl sites for hydroxylation is 1. The van der Waals surface area contributed by atoms with Gasteiger partial charge in [0.25, 0.3) is 0 Å². The molecule has 0 radical (unpaired) electrons. The Morgan fingerprint density at radius 2 is 2.20 bits per heavy atom. The maximum absolute atomic E-state index is 13.7. The molecule has 0 saturated heterocycles. The molecule has 3 rings (SSSR count). The van der Waals surface area contributed by atoms with Gasteiger partial charge in [0.2, 0.25) is 0 Å².